The molecule has 1 N–H and O–H groups in total. The molecule has 1 aromatic carbocycles. The Kier molecular flexibility index (Phi) is 5.68. The van der Waals surface area contributed by atoms with Crippen LogP contribution in [0, 0.1) is 0 Å². The summed E-state index contributed by atoms with van der Waals surface area (Å²) in [5.74, 6) is 1.33. The highest BCUT2D eigenvalue weighted by Crippen LogP contribution is 2.36. The average Bonchev–Trinajstić information content (AvgIpc) is 3.29. The number of halogens is 4. The van der Waals surface area contributed by atoms with Crippen molar-refractivity contribution in [2.24, 2.45) is 0 Å². The molecule has 31 heavy (non-hydrogen) atoms. The minimum absolute atomic E-state index is 0.0313. The van der Waals surface area contributed by atoms with E-state index in [0.717, 1.165) is 12.1 Å². The highest BCUT2D eigenvalue weighted by molar-refractivity contribution is 6.31. The molecule has 1 saturated heterocycles. The first-order chi connectivity index (χ1) is 14.8. The van der Waals surface area contributed by atoms with Crippen molar-refractivity contribution in [3.63, 3.8) is 0 Å². The number of nitrogens with one attached hydrogen (secondary N) is 1. The van der Waals surface area contributed by atoms with E-state index in [9.17, 15) is 18.0 Å². The molecule has 12 heteroatoms. The molecule has 1 fully saturated rings. The van der Waals surface area contributed by atoms with Gasteiger partial charge in [-0.25, -0.2) is 19.4 Å². The number of hydrogen-bond donors (Lipinski definition) is 1. The second-order valence-electron chi connectivity index (χ2n) is 6.78. The van der Waals surface area contributed by atoms with Gasteiger partial charge in [0, 0.05) is 50.3 Å². The number of aromatic nitrogens is 4. The number of carbonyl (C=O) groups excluding carboxylic acids is 1. The fourth-order valence-electron chi connectivity index (χ4n) is 3.20. The first kappa shape index (κ1) is 20.9. The lowest BCUT2D eigenvalue weighted by Gasteiger charge is -2.35. The van der Waals surface area contributed by atoms with Crippen LogP contribution in [0.15, 0.2) is 49.1 Å². The van der Waals surface area contributed by atoms with Crippen LogP contribution in [0.3, 0.4) is 0 Å². The first-order valence-electron chi connectivity index (χ1n) is 9.31. The maximum Gasteiger partial charge on any atom is 0.417 e. The van der Waals surface area contributed by atoms with Gasteiger partial charge < -0.3 is 15.1 Å². The van der Waals surface area contributed by atoms with E-state index in [0.29, 0.717) is 37.8 Å². The molecule has 0 atom stereocenters. The Morgan fingerprint density at radius 2 is 1.81 bits per heavy atom. The van der Waals surface area contributed by atoms with Crippen molar-refractivity contribution in [3.05, 3.63) is 59.6 Å². The van der Waals surface area contributed by atoms with Gasteiger partial charge in [-0.2, -0.15) is 18.3 Å². The third-order valence-corrected chi connectivity index (χ3v) is 5.12. The topological polar surface area (TPSA) is 79.2 Å². The molecular weight excluding hydrogens is 435 g/mol. The zero-order valence-electron chi connectivity index (χ0n) is 16.1. The molecule has 0 saturated carbocycles. The van der Waals surface area contributed by atoms with Crippen LogP contribution in [0.2, 0.25) is 5.02 Å². The van der Waals surface area contributed by atoms with Crippen molar-refractivity contribution in [2.75, 3.05) is 36.4 Å². The Hall–Kier alpha value is -3.34. The number of urea groups is 1. The van der Waals surface area contributed by atoms with E-state index in [4.69, 9.17) is 11.6 Å². The zero-order valence-corrected chi connectivity index (χ0v) is 16.8. The van der Waals surface area contributed by atoms with Gasteiger partial charge >= 0.3 is 12.2 Å². The average molecular weight is 452 g/mol. The van der Waals surface area contributed by atoms with Crippen LogP contribution >= 0.6 is 11.6 Å². The predicted octanol–water partition coefficient (Wildman–Crippen LogP) is 3.69. The van der Waals surface area contributed by atoms with Gasteiger partial charge in [-0.3, -0.25) is 0 Å². The van der Waals surface area contributed by atoms with E-state index in [2.05, 4.69) is 20.4 Å². The highest BCUT2D eigenvalue weighted by Gasteiger charge is 2.33. The van der Waals surface area contributed by atoms with Crippen LogP contribution in [-0.2, 0) is 6.18 Å². The molecule has 8 nitrogen and oxygen atoms in total. The van der Waals surface area contributed by atoms with Crippen LogP contribution < -0.4 is 10.2 Å². The Morgan fingerprint density at radius 1 is 1.06 bits per heavy atom. The number of piperazine rings is 1. The Bertz CT molecular complexity index is 1070. The second kappa shape index (κ2) is 8.42. The third kappa shape index (κ3) is 4.71. The number of carbonyl (C=O) groups is 1. The molecule has 0 aliphatic carbocycles. The lowest BCUT2D eigenvalue weighted by molar-refractivity contribution is -0.137. The predicted molar refractivity (Wildman–Crippen MR) is 108 cm³/mol. The number of amides is 2. The van der Waals surface area contributed by atoms with Gasteiger partial charge in [-0.1, -0.05) is 11.6 Å². The third-order valence-electron chi connectivity index (χ3n) is 4.79. The quantitative estimate of drug-likeness (QED) is 0.657. The van der Waals surface area contributed by atoms with Gasteiger partial charge in [0.05, 0.1) is 10.6 Å². The molecule has 1 aliphatic heterocycles. The molecule has 2 aromatic heterocycles. The lowest BCUT2D eigenvalue weighted by Crippen LogP contribution is -2.50. The molecule has 162 valence electrons. The van der Waals surface area contributed by atoms with Crippen molar-refractivity contribution >= 4 is 29.1 Å². The van der Waals surface area contributed by atoms with Crippen molar-refractivity contribution in [3.8, 4) is 5.82 Å². The Labute approximate surface area is 180 Å². The van der Waals surface area contributed by atoms with Gasteiger partial charge in [-0.05, 0) is 24.3 Å². The molecule has 0 radical (unpaired) electrons. The molecular formula is C19H17ClF3N7O. The maximum atomic E-state index is 13.0. The molecule has 0 spiro atoms. The van der Waals surface area contributed by atoms with Crippen LogP contribution in [0.5, 0.6) is 0 Å². The molecule has 3 heterocycles. The highest BCUT2D eigenvalue weighted by atomic mass is 35.5. The summed E-state index contributed by atoms with van der Waals surface area (Å²) in [5.41, 5.74) is -0.961. The summed E-state index contributed by atoms with van der Waals surface area (Å²) in [6.07, 6.45) is 0.271. The molecule has 0 bridgehead atoms. The van der Waals surface area contributed by atoms with Crippen LogP contribution in [0.1, 0.15) is 5.56 Å². The largest absolute Gasteiger partial charge is 0.417 e. The standard InChI is InChI=1S/C19H17ClF3N7O/c20-15-3-2-13(10-14(15)19(21,22)23)27-18(31)29-8-6-28(7-9-29)16-11-17(25-12-24-16)30-5-1-4-26-30/h1-5,10-12H,6-9H2,(H,27,31). The number of alkyl halides is 3. The molecule has 1 aliphatic rings. The molecule has 4 rings (SSSR count). The summed E-state index contributed by atoms with van der Waals surface area (Å²) in [6, 6.07) is 6.39. The van der Waals surface area contributed by atoms with Gasteiger partial charge in [0.15, 0.2) is 5.82 Å². The van der Waals surface area contributed by atoms with Crippen molar-refractivity contribution < 1.29 is 18.0 Å². The Balaban J connectivity index is 1.38. The summed E-state index contributed by atoms with van der Waals surface area (Å²) in [5, 5.41) is 6.23. The SMILES string of the molecule is O=C(Nc1ccc(Cl)c(C(F)(F)F)c1)N1CCN(c2cc(-n3cccn3)ncn2)CC1. The molecule has 0 unspecified atom stereocenters. The van der Waals surface area contributed by atoms with E-state index in [1.807, 2.05) is 4.90 Å². The number of rotatable bonds is 3. The van der Waals surface area contributed by atoms with Gasteiger partial charge in [0.1, 0.15) is 12.1 Å². The fourth-order valence-corrected chi connectivity index (χ4v) is 3.43. The van der Waals surface area contributed by atoms with Crippen molar-refractivity contribution in [1.82, 2.24) is 24.6 Å². The number of hydrogen-bond acceptors (Lipinski definition) is 5. The minimum Gasteiger partial charge on any atom is -0.353 e. The van der Waals surface area contributed by atoms with Gasteiger partial charge in [0.2, 0.25) is 0 Å². The summed E-state index contributed by atoms with van der Waals surface area (Å²) in [4.78, 5) is 24.5. The summed E-state index contributed by atoms with van der Waals surface area (Å²) >= 11 is 5.62. The van der Waals surface area contributed by atoms with Crippen molar-refractivity contribution in [2.45, 2.75) is 6.18 Å². The lowest BCUT2D eigenvalue weighted by atomic mass is 10.2. The van der Waals surface area contributed by atoms with E-state index in [-0.39, 0.29) is 5.69 Å². The normalized spacial score (nSPS) is 14.6. The van der Waals surface area contributed by atoms with E-state index >= 15 is 0 Å². The van der Waals surface area contributed by atoms with E-state index < -0.39 is 22.8 Å². The minimum atomic E-state index is -4.60. The van der Waals surface area contributed by atoms with Gasteiger partial charge in [-0.15, -0.1) is 0 Å². The molecule has 2 amide bonds. The first-order valence-corrected chi connectivity index (χ1v) is 9.69. The van der Waals surface area contributed by atoms with Crippen molar-refractivity contribution in [1.29, 1.82) is 0 Å². The number of benzene rings is 1. The van der Waals surface area contributed by atoms with Crippen LogP contribution in [-0.4, -0.2) is 56.9 Å². The van der Waals surface area contributed by atoms with Gasteiger partial charge in [0.25, 0.3) is 0 Å². The fraction of sp³-hybridized carbons (Fsp3) is 0.263. The zero-order chi connectivity index (χ0) is 22.0. The smallest absolute Gasteiger partial charge is 0.353 e. The van der Waals surface area contributed by atoms with Crippen LogP contribution in [0.4, 0.5) is 29.5 Å². The van der Waals surface area contributed by atoms with E-state index in [1.54, 1.807) is 29.2 Å². The Morgan fingerprint density at radius 3 is 2.48 bits per heavy atom. The number of anilines is 2. The summed E-state index contributed by atoms with van der Waals surface area (Å²) < 4.78 is 40.7. The van der Waals surface area contributed by atoms with E-state index in [1.165, 1.54) is 17.3 Å². The maximum absolute atomic E-state index is 13.0. The monoisotopic (exact) mass is 451 g/mol. The summed E-state index contributed by atoms with van der Waals surface area (Å²) in [6.45, 7) is 1.79. The second-order valence-corrected chi connectivity index (χ2v) is 7.19. The number of nitrogens with zero attached hydrogens (tertiary/aromatic N) is 6. The summed E-state index contributed by atoms with van der Waals surface area (Å²) in [7, 11) is 0. The molecule has 3 aromatic rings. The van der Waals surface area contributed by atoms with Crippen LogP contribution in [0.25, 0.3) is 5.82 Å².